The number of carbonyl (C=O) groups is 2. The number of aryl methyl sites for hydroxylation is 1. The maximum atomic E-state index is 14.0. The van der Waals surface area contributed by atoms with E-state index in [1.807, 2.05) is 13.2 Å². The van der Waals surface area contributed by atoms with Gasteiger partial charge >= 0.3 is 0 Å². The number of carbonyl (C=O) groups excluding carboxylic acids is 2. The van der Waals surface area contributed by atoms with Crippen molar-refractivity contribution in [1.29, 1.82) is 0 Å². The number of fused-ring (bicyclic) bond motifs is 2. The first-order valence-corrected chi connectivity index (χ1v) is 13.3. The van der Waals surface area contributed by atoms with Crippen molar-refractivity contribution in [2.24, 2.45) is 18.7 Å². The fourth-order valence-electron chi connectivity index (χ4n) is 5.26. The van der Waals surface area contributed by atoms with Crippen LogP contribution >= 0.6 is 11.6 Å². The smallest absolute Gasteiger partial charge is 0.251 e. The minimum Gasteiger partial charge on any atom is -0.489 e. The third-order valence-corrected chi connectivity index (χ3v) is 8.20. The molecule has 3 heterocycles. The lowest BCUT2D eigenvalue weighted by Crippen LogP contribution is -2.44. The van der Waals surface area contributed by atoms with Crippen LogP contribution in [0.2, 0.25) is 5.02 Å². The summed E-state index contributed by atoms with van der Waals surface area (Å²) in [5, 5.41) is 20.0. The van der Waals surface area contributed by atoms with E-state index in [0.717, 1.165) is 23.7 Å². The van der Waals surface area contributed by atoms with E-state index in [-0.39, 0.29) is 35.7 Å². The Morgan fingerprint density at radius 1 is 1.27 bits per heavy atom. The number of ether oxygens (including phenoxy) is 1. The van der Waals surface area contributed by atoms with Gasteiger partial charge in [0.1, 0.15) is 34.9 Å². The molecule has 0 radical (unpaired) electrons. The molecule has 4 N–H and O–H groups in total. The van der Waals surface area contributed by atoms with Crippen LogP contribution in [0.5, 0.6) is 5.75 Å². The highest BCUT2D eigenvalue weighted by Gasteiger charge is 2.50. The SMILES string of the molecule is Cn1cc2cc(C(=O)NCC(O)(c3cc4c(c(-c5ccc(F)c(Cl)c5)n3)OC[C@]4(C)C(N)=O)C3CC3)ccc2n1. The highest BCUT2D eigenvalue weighted by atomic mass is 35.5. The molecule has 1 unspecified atom stereocenters. The van der Waals surface area contributed by atoms with Crippen LogP contribution in [0.25, 0.3) is 22.2 Å². The minimum absolute atomic E-state index is 0.0137. The molecule has 4 aromatic rings. The predicted molar refractivity (Wildman–Crippen MR) is 146 cm³/mol. The lowest BCUT2D eigenvalue weighted by molar-refractivity contribution is -0.123. The summed E-state index contributed by atoms with van der Waals surface area (Å²) in [6.07, 6.45) is 3.28. The van der Waals surface area contributed by atoms with Crippen LogP contribution in [0.4, 0.5) is 4.39 Å². The number of nitrogens with zero attached hydrogens (tertiary/aromatic N) is 3. The molecule has 2 aromatic heterocycles. The largest absolute Gasteiger partial charge is 0.489 e. The summed E-state index contributed by atoms with van der Waals surface area (Å²) in [5.41, 5.74) is 5.71. The average molecular weight is 564 g/mol. The van der Waals surface area contributed by atoms with Crippen LogP contribution in [0, 0.1) is 11.7 Å². The maximum absolute atomic E-state index is 14.0. The van der Waals surface area contributed by atoms with E-state index < -0.39 is 22.7 Å². The highest BCUT2D eigenvalue weighted by molar-refractivity contribution is 6.31. The summed E-state index contributed by atoms with van der Waals surface area (Å²) >= 11 is 6.07. The Balaban J connectivity index is 1.40. The Bertz CT molecular complexity index is 1700. The molecule has 1 saturated carbocycles. The van der Waals surface area contributed by atoms with E-state index in [1.165, 1.54) is 18.2 Å². The van der Waals surface area contributed by atoms with Crippen LogP contribution in [0.1, 0.15) is 41.4 Å². The second kappa shape index (κ2) is 9.28. The Kier molecular flexibility index (Phi) is 6.08. The second-order valence-corrected chi connectivity index (χ2v) is 11.2. The Morgan fingerprint density at radius 3 is 2.75 bits per heavy atom. The van der Waals surface area contributed by atoms with Gasteiger partial charge in [-0.1, -0.05) is 11.6 Å². The van der Waals surface area contributed by atoms with Gasteiger partial charge in [-0.3, -0.25) is 14.3 Å². The van der Waals surface area contributed by atoms with Crippen LogP contribution in [0.15, 0.2) is 48.7 Å². The molecule has 2 amide bonds. The van der Waals surface area contributed by atoms with Crippen LogP contribution in [0.3, 0.4) is 0 Å². The van der Waals surface area contributed by atoms with Gasteiger partial charge in [0.25, 0.3) is 5.91 Å². The van der Waals surface area contributed by atoms with Gasteiger partial charge in [0, 0.05) is 35.3 Å². The molecule has 0 bridgehead atoms. The van der Waals surface area contributed by atoms with Gasteiger partial charge in [-0.25, -0.2) is 9.37 Å². The molecular weight excluding hydrogens is 537 g/mol. The molecule has 2 aromatic carbocycles. The number of primary amides is 1. The summed E-state index contributed by atoms with van der Waals surface area (Å²) < 4.78 is 21.6. The molecule has 0 saturated heterocycles. The van der Waals surface area contributed by atoms with Gasteiger partial charge in [-0.15, -0.1) is 0 Å². The monoisotopic (exact) mass is 563 g/mol. The molecule has 206 valence electrons. The molecule has 9 nitrogen and oxygen atoms in total. The molecule has 2 aliphatic rings. The number of halogens is 2. The molecule has 0 spiro atoms. The molecule has 1 aliphatic heterocycles. The standard InChI is InChI=1S/C29H27ClFN5O4/c1-28(27(32)38)14-40-25-19(28)11-23(34-24(25)15-3-7-21(31)20(30)10-15)29(39,18-5-6-18)13-33-26(37)16-4-8-22-17(9-16)12-36(2)35-22/h3-4,7-12,18,39H,5-6,13-14H2,1-2H3,(H2,32,38)(H,33,37)/t28-,29?/m0/s1. The first kappa shape index (κ1) is 26.2. The van der Waals surface area contributed by atoms with Crippen molar-refractivity contribution in [3.8, 4) is 17.0 Å². The Hall–Kier alpha value is -4.02. The minimum atomic E-state index is -1.55. The van der Waals surface area contributed by atoms with E-state index in [1.54, 1.807) is 35.9 Å². The van der Waals surface area contributed by atoms with E-state index >= 15 is 0 Å². The van der Waals surface area contributed by atoms with Crippen LogP contribution in [-0.4, -0.2) is 44.8 Å². The number of pyridine rings is 1. The number of nitrogens with two attached hydrogens (primary N) is 1. The third kappa shape index (κ3) is 4.28. The zero-order valence-electron chi connectivity index (χ0n) is 21.9. The zero-order valence-corrected chi connectivity index (χ0v) is 22.6. The number of aromatic nitrogens is 3. The fourth-order valence-corrected chi connectivity index (χ4v) is 5.44. The average Bonchev–Trinajstić information content (AvgIpc) is 3.64. The van der Waals surface area contributed by atoms with E-state index in [4.69, 9.17) is 27.1 Å². The van der Waals surface area contributed by atoms with Crippen LogP contribution < -0.4 is 15.8 Å². The van der Waals surface area contributed by atoms with Crippen molar-refractivity contribution in [2.45, 2.75) is 30.8 Å². The van der Waals surface area contributed by atoms with E-state index in [2.05, 4.69) is 10.4 Å². The van der Waals surface area contributed by atoms with Crippen LogP contribution in [-0.2, 0) is 22.9 Å². The molecule has 1 fully saturated rings. The Morgan fingerprint density at radius 2 is 2.05 bits per heavy atom. The van der Waals surface area contributed by atoms with Gasteiger partial charge in [-0.2, -0.15) is 5.10 Å². The van der Waals surface area contributed by atoms with Gasteiger partial charge in [-0.05, 0) is 68.1 Å². The number of hydrogen-bond acceptors (Lipinski definition) is 6. The van der Waals surface area contributed by atoms with Gasteiger partial charge < -0.3 is 20.9 Å². The number of aliphatic hydroxyl groups is 1. The molecule has 40 heavy (non-hydrogen) atoms. The van der Waals surface area contributed by atoms with Crippen molar-refractivity contribution in [2.75, 3.05) is 13.2 Å². The highest BCUT2D eigenvalue weighted by Crippen LogP contribution is 2.50. The summed E-state index contributed by atoms with van der Waals surface area (Å²) in [4.78, 5) is 30.5. The molecule has 1 aliphatic carbocycles. The van der Waals surface area contributed by atoms with Crippen molar-refractivity contribution in [1.82, 2.24) is 20.1 Å². The summed E-state index contributed by atoms with van der Waals surface area (Å²) in [6.45, 7) is 1.53. The number of nitrogens with one attached hydrogen (secondary N) is 1. The van der Waals surface area contributed by atoms with Crippen molar-refractivity contribution in [3.05, 3.63) is 76.3 Å². The third-order valence-electron chi connectivity index (χ3n) is 7.91. The number of benzene rings is 2. The first-order valence-electron chi connectivity index (χ1n) is 12.9. The normalized spacial score (nSPS) is 19.6. The lowest BCUT2D eigenvalue weighted by atomic mass is 9.81. The number of amides is 2. The molecular formula is C29H27ClFN5O4. The summed E-state index contributed by atoms with van der Waals surface area (Å²) in [7, 11) is 1.81. The lowest BCUT2D eigenvalue weighted by Gasteiger charge is -2.30. The summed E-state index contributed by atoms with van der Waals surface area (Å²) in [5.74, 6) is -1.41. The van der Waals surface area contributed by atoms with Gasteiger partial charge in [0.2, 0.25) is 5.91 Å². The Labute approximate surface area is 234 Å². The first-order chi connectivity index (χ1) is 19.0. The fraction of sp³-hybridized carbons (Fsp3) is 0.310. The zero-order chi connectivity index (χ0) is 28.4. The quantitative estimate of drug-likeness (QED) is 0.315. The maximum Gasteiger partial charge on any atom is 0.251 e. The molecule has 2 atom stereocenters. The van der Waals surface area contributed by atoms with Crippen molar-refractivity contribution < 1.29 is 23.8 Å². The van der Waals surface area contributed by atoms with Crippen molar-refractivity contribution >= 4 is 34.3 Å². The molecule has 6 rings (SSSR count). The topological polar surface area (TPSA) is 132 Å². The number of rotatable bonds is 7. The van der Waals surface area contributed by atoms with Gasteiger partial charge in [0.15, 0.2) is 0 Å². The number of hydrogen-bond donors (Lipinski definition) is 3. The van der Waals surface area contributed by atoms with Gasteiger partial charge in [0.05, 0.1) is 22.8 Å². The molecule has 11 heteroatoms. The second-order valence-electron chi connectivity index (χ2n) is 10.8. The van der Waals surface area contributed by atoms with E-state index in [9.17, 15) is 19.1 Å². The predicted octanol–water partition coefficient (Wildman–Crippen LogP) is 3.59. The summed E-state index contributed by atoms with van der Waals surface area (Å²) in [6, 6.07) is 11.0. The van der Waals surface area contributed by atoms with Crippen molar-refractivity contribution in [3.63, 3.8) is 0 Å². The van der Waals surface area contributed by atoms with E-state index in [0.29, 0.717) is 28.1 Å².